The van der Waals surface area contributed by atoms with Crippen molar-refractivity contribution < 1.29 is 9.13 Å². The summed E-state index contributed by atoms with van der Waals surface area (Å²) in [5, 5.41) is 2.97. The van der Waals surface area contributed by atoms with Gasteiger partial charge in [-0.05, 0) is 26.0 Å². The molecular formula is C13H15FN4O. The normalized spacial score (nSPS) is 10.3. The zero-order valence-corrected chi connectivity index (χ0v) is 10.8. The molecule has 0 aliphatic rings. The average molecular weight is 262 g/mol. The van der Waals surface area contributed by atoms with Gasteiger partial charge in [-0.25, -0.2) is 14.4 Å². The van der Waals surface area contributed by atoms with Crippen LogP contribution in [0, 0.1) is 12.7 Å². The number of nitrogens with zero attached hydrogens (tertiary/aromatic N) is 2. The average Bonchev–Trinajstić information content (AvgIpc) is 2.31. The van der Waals surface area contributed by atoms with Gasteiger partial charge in [0.25, 0.3) is 0 Å². The van der Waals surface area contributed by atoms with Crippen LogP contribution >= 0.6 is 0 Å². The fourth-order valence-corrected chi connectivity index (χ4v) is 1.65. The molecule has 0 aliphatic heterocycles. The number of nitrogens with two attached hydrogens (primary N) is 1. The van der Waals surface area contributed by atoms with Gasteiger partial charge in [0, 0.05) is 17.8 Å². The molecule has 2 aromatic rings. The van der Waals surface area contributed by atoms with E-state index in [1.165, 1.54) is 6.07 Å². The second kappa shape index (κ2) is 5.51. The second-order valence-corrected chi connectivity index (χ2v) is 3.93. The second-order valence-electron chi connectivity index (χ2n) is 3.93. The molecule has 0 bridgehead atoms. The third kappa shape index (κ3) is 3.31. The Morgan fingerprint density at radius 3 is 2.74 bits per heavy atom. The molecule has 1 aromatic carbocycles. The van der Waals surface area contributed by atoms with Gasteiger partial charge in [-0.3, -0.25) is 0 Å². The summed E-state index contributed by atoms with van der Waals surface area (Å²) in [5.74, 6) is 1.24. The molecule has 6 heteroatoms. The number of aromatic nitrogens is 2. The van der Waals surface area contributed by atoms with Crippen LogP contribution in [-0.4, -0.2) is 16.6 Å². The Kier molecular flexibility index (Phi) is 3.79. The Morgan fingerprint density at radius 1 is 1.32 bits per heavy atom. The van der Waals surface area contributed by atoms with Crippen LogP contribution in [0.1, 0.15) is 12.7 Å². The number of aryl methyl sites for hydroxylation is 1. The fraction of sp³-hybridized carbons (Fsp3) is 0.231. The molecule has 1 aromatic heterocycles. The topological polar surface area (TPSA) is 73.1 Å². The lowest BCUT2D eigenvalue weighted by molar-refractivity contribution is 0.321. The van der Waals surface area contributed by atoms with E-state index in [0.717, 1.165) is 0 Å². The Bertz CT molecular complexity index is 569. The van der Waals surface area contributed by atoms with Crippen LogP contribution in [-0.2, 0) is 0 Å². The van der Waals surface area contributed by atoms with Crippen molar-refractivity contribution in [2.75, 3.05) is 17.7 Å². The predicted molar refractivity (Wildman–Crippen MR) is 72.0 cm³/mol. The maximum absolute atomic E-state index is 13.7. The SMILES string of the molecule is CCOc1ccc(Nc2cc(N)nc(C)n2)cc1F. The lowest BCUT2D eigenvalue weighted by Crippen LogP contribution is -2.01. The molecular weight excluding hydrogens is 247 g/mol. The molecule has 3 N–H and O–H groups in total. The number of rotatable bonds is 4. The summed E-state index contributed by atoms with van der Waals surface area (Å²) >= 11 is 0. The van der Waals surface area contributed by atoms with E-state index in [1.54, 1.807) is 32.0 Å². The number of benzene rings is 1. The largest absolute Gasteiger partial charge is 0.491 e. The van der Waals surface area contributed by atoms with E-state index in [2.05, 4.69) is 15.3 Å². The van der Waals surface area contributed by atoms with Crippen LogP contribution in [0.5, 0.6) is 5.75 Å². The number of halogens is 1. The molecule has 1 heterocycles. The number of nitrogen functional groups attached to an aromatic ring is 1. The summed E-state index contributed by atoms with van der Waals surface area (Å²) in [6.07, 6.45) is 0. The Morgan fingerprint density at radius 2 is 2.11 bits per heavy atom. The minimum absolute atomic E-state index is 0.228. The van der Waals surface area contributed by atoms with Gasteiger partial charge in [0.1, 0.15) is 17.5 Å². The Hall–Kier alpha value is -2.37. The fourth-order valence-electron chi connectivity index (χ4n) is 1.65. The highest BCUT2D eigenvalue weighted by Gasteiger charge is 2.05. The number of hydrogen-bond donors (Lipinski definition) is 2. The highest BCUT2D eigenvalue weighted by atomic mass is 19.1. The highest BCUT2D eigenvalue weighted by molar-refractivity contribution is 5.59. The highest BCUT2D eigenvalue weighted by Crippen LogP contribution is 2.23. The van der Waals surface area contributed by atoms with Crippen molar-refractivity contribution in [2.24, 2.45) is 0 Å². The van der Waals surface area contributed by atoms with Crippen molar-refractivity contribution >= 4 is 17.3 Å². The molecule has 0 saturated carbocycles. The summed E-state index contributed by atoms with van der Waals surface area (Å²) in [6.45, 7) is 3.96. The van der Waals surface area contributed by atoms with Gasteiger partial charge < -0.3 is 15.8 Å². The molecule has 0 atom stereocenters. The van der Waals surface area contributed by atoms with Crippen molar-refractivity contribution in [3.63, 3.8) is 0 Å². The monoisotopic (exact) mass is 262 g/mol. The van der Waals surface area contributed by atoms with Crippen LogP contribution in [0.2, 0.25) is 0 Å². The van der Waals surface area contributed by atoms with Crippen molar-refractivity contribution in [1.29, 1.82) is 0 Å². The summed E-state index contributed by atoms with van der Waals surface area (Å²) in [6, 6.07) is 6.21. The number of nitrogens with one attached hydrogen (secondary N) is 1. The Labute approximate surface area is 110 Å². The molecule has 19 heavy (non-hydrogen) atoms. The van der Waals surface area contributed by atoms with Gasteiger partial charge in [0.2, 0.25) is 0 Å². The van der Waals surface area contributed by atoms with Crippen LogP contribution in [0.3, 0.4) is 0 Å². The van der Waals surface area contributed by atoms with Gasteiger partial charge in [0.05, 0.1) is 6.61 Å². The molecule has 0 radical (unpaired) electrons. The standard InChI is InChI=1S/C13H15FN4O/c1-3-19-11-5-4-9(6-10(11)14)18-13-7-12(15)16-8(2)17-13/h4-7H,3H2,1-2H3,(H3,15,16,17,18). The van der Waals surface area contributed by atoms with Gasteiger partial charge in [-0.2, -0.15) is 0 Å². The van der Waals surface area contributed by atoms with Gasteiger partial charge in [0.15, 0.2) is 11.6 Å². The van der Waals surface area contributed by atoms with E-state index in [-0.39, 0.29) is 5.75 Å². The van der Waals surface area contributed by atoms with Crippen LogP contribution in [0.25, 0.3) is 0 Å². The van der Waals surface area contributed by atoms with Crippen molar-refractivity contribution in [3.8, 4) is 5.75 Å². The van der Waals surface area contributed by atoms with Crippen molar-refractivity contribution in [2.45, 2.75) is 13.8 Å². The lowest BCUT2D eigenvalue weighted by atomic mass is 10.3. The molecule has 0 fully saturated rings. The summed E-state index contributed by atoms with van der Waals surface area (Å²) in [7, 11) is 0. The third-order valence-corrected chi connectivity index (χ3v) is 2.36. The van der Waals surface area contributed by atoms with E-state index < -0.39 is 5.82 Å². The molecule has 0 saturated heterocycles. The number of ether oxygens (including phenoxy) is 1. The van der Waals surface area contributed by atoms with Crippen LogP contribution in [0.4, 0.5) is 21.7 Å². The smallest absolute Gasteiger partial charge is 0.167 e. The van der Waals surface area contributed by atoms with Gasteiger partial charge >= 0.3 is 0 Å². The zero-order valence-electron chi connectivity index (χ0n) is 10.8. The minimum Gasteiger partial charge on any atom is -0.491 e. The van der Waals surface area contributed by atoms with Crippen LogP contribution < -0.4 is 15.8 Å². The third-order valence-electron chi connectivity index (χ3n) is 2.36. The quantitative estimate of drug-likeness (QED) is 0.886. The molecule has 2 rings (SSSR count). The van der Waals surface area contributed by atoms with E-state index in [9.17, 15) is 4.39 Å². The maximum Gasteiger partial charge on any atom is 0.167 e. The van der Waals surface area contributed by atoms with Crippen LogP contribution in [0.15, 0.2) is 24.3 Å². The first kappa shape index (κ1) is 13.1. The first-order valence-electron chi connectivity index (χ1n) is 5.89. The molecule has 100 valence electrons. The Balaban J connectivity index is 2.21. The number of anilines is 3. The van der Waals surface area contributed by atoms with Crippen molar-refractivity contribution in [1.82, 2.24) is 9.97 Å². The molecule has 0 amide bonds. The lowest BCUT2D eigenvalue weighted by Gasteiger charge is -2.09. The summed E-state index contributed by atoms with van der Waals surface area (Å²) < 4.78 is 18.8. The molecule has 0 aliphatic carbocycles. The van der Waals surface area contributed by atoms with Gasteiger partial charge in [-0.15, -0.1) is 0 Å². The summed E-state index contributed by atoms with van der Waals surface area (Å²) in [5.41, 5.74) is 6.19. The maximum atomic E-state index is 13.7. The first-order chi connectivity index (χ1) is 9.08. The molecule has 0 spiro atoms. The van der Waals surface area contributed by atoms with E-state index in [0.29, 0.717) is 29.8 Å². The summed E-state index contributed by atoms with van der Waals surface area (Å²) in [4.78, 5) is 8.13. The van der Waals surface area contributed by atoms with Crippen molar-refractivity contribution in [3.05, 3.63) is 35.9 Å². The zero-order chi connectivity index (χ0) is 13.8. The van der Waals surface area contributed by atoms with E-state index >= 15 is 0 Å². The first-order valence-corrected chi connectivity index (χ1v) is 5.89. The molecule has 0 unspecified atom stereocenters. The number of hydrogen-bond acceptors (Lipinski definition) is 5. The van der Waals surface area contributed by atoms with E-state index in [1.807, 2.05) is 0 Å². The minimum atomic E-state index is -0.425. The van der Waals surface area contributed by atoms with Gasteiger partial charge in [-0.1, -0.05) is 0 Å². The molecule has 5 nitrogen and oxygen atoms in total. The van der Waals surface area contributed by atoms with E-state index in [4.69, 9.17) is 10.5 Å². The predicted octanol–water partition coefficient (Wildman–Crippen LogP) is 2.65.